The van der Waals surface area contributed by atoms with Crippen molar-refractivity contribution in [3.63, 3.8) is 0 Å². The molecule has 0 amide bonds. The minimum absolute atomic E-state index is 0.00931. The normalized spacial score (nSPS) is 16.0. The first kappa shape index (κ1) is 67.9. The van der Waals surface area contributed by atoms with Gasteiger partial charge in [-0.2, -0.15) is 0 Å². The van der Waals surface area contributed by atoms with Crippen LogP contribution in [0.4, 0.5) is 0 Å². The first-order valence-corrected chi connectivity index (χ1v) is 48.5. The number of hydrogen-bond acceptors (Lipinski definition) is 16. The Morgan fingerprint density at radius 3 is 0.985 bits per heavy atom. The fraction of sp³-hybridized carbons (Fsp3) is 0.860. The Bertz CT molecular complexity index is 1540. The Morgan fingerprint density at radius 1 is 0.441 bits per heavy atom. The van der Waals surface area contributed by atoms with Gasteiger partial charge in [0.1, 0.15) is 17.3 Å². The van der Waals surface area contributed by atoms with Gasteiger partial charge in [-0.25, -0.2) is 0 Å². The van der Waals surface area contributed by atoms with Gasteiger partial charge in [0, 0.05) is 88.9 Å². The van der Waals surface area contributed by atoms with E-state index in [2.05, 4.69) is 59.0 Å². The van der Waals surface area contributed by atoms with Gasteiger partial charge in [-0.3, -0.25) is 19.2 Å². The molecule has 0 saturated heterocycles. The molecular formula is C43H96O16Si9. The molecule has 0 aliphatic heterocycles. The second kappa shape index (κ2) is 28.5. The number of hydrogen-bond donors (Lipinski definition) is 4. The highest BCUT2D eigenvalue weighted by Gasteiger charge is 2.54. The average Bonchev–Trinajstić information content (AvgIpc) is 3.14. The molecule has 16 nitrogen and oxygen atoms in total. The minimum Gasteiger partial charge on any atom is -0.417 e. The van der Waals surface area contributed by atoms with Gasteiger partial charge in [0.25, 0.3) is 0 Å². The number of carbonyl (C=O) groups is 4. The monoisotopic (exact) mass is 1120 g/mol. The van der Waals surface area contributed by atoms with Crippen molar-refractivity contribution in [2.45, 2.75) is 200 Å². The van der Waals surface area contributed by atoms with E-state index in [1.54, 1.807) is 14.0 Å². The number of ketones is 4. The van der Waals surface area contributed by atoms with Crippen molar-refractivity contribution in [3.05, 3.63) is 12.2 Å². The summed E-state index contributed by atoms with van der Waals surface area (Å²) in [4.78, 5) is 94.2. The predicted molar refractivity (Wildman–Crippen MR) is 290 cm³/mol. The Balaban J connectivity index is 7.02. The summed E-state index contributed by atoms with van der Waals surface area (Å²) in [6.07, 6.45) is 2.31. The summed E-state index contributed by atoms with van der Waals surface area (Å²) in [5.41, 5.74) is 0.441. The van der Waals surface area contributed by atoms with Crippen LogP contribution in [0.2, 0.25) is 121 Å². The fourth-order valence-electron chi connectivity index (χ4n) is 8.49. The molecule has 25 heteroatoms. The molecule has 0 rings (SSSR count). The highest BCUT2D eigenvalue weighted by atomic mass is 28.5. The molecule has 0 aromatic heterocycles. The molecule has 68 heavy (non-hydrogen) atoms. The van der Waals surface area contributed by atoms with Crippen molar-refractivity contribution in [2.75, 3.05) is 21.3 Å². The molecule has 0 bridgehead atoms. The standard InChI is InChI=1S/C43H96O16Si9/c1-36(2)40(44)25-23-32-68(57-62(15,16)33-37(3)41(45)26-21-29-65(48,49)52-6,58-63(17,18)34-38(4)42(46)27-22-30-66(50,51)53-7)59-64(19,20)35-39(5)43(47)28-24-31-67(54-8,55-60(9,10)11)56-61(12,13)14/h37-39,48-51H,1,21-35H2,2-20H3. The molecule has 0 radical (unpaired) electrons. The topological polar surface area (TPSA) is 223 Å². The van der Waals surface area contributed by atoms with Crippen LogP contribution in [0, 0.1) is 17.8 Å². The molecule has 0 heterocycles. The molecule has 0 aliphatic rings. The van der Waals surface area contributed by atoms with Crippen LogP contribution in [0.5, 0.6) is 0 Å². The highest BCUT2D eigenvalue weighted by Crippen LogP contribution is 2.37. The lowest BCUT2D eigenvalue weighted by atomic mass is 10.1. The van der Waals surface area contributed by atoms with E-state index in [1.165, 1.54) is 14.2 Å². The van der Waals surface area contributed by atoms with Gasteiger partial charge in [0.15, 0.2) is 47.4 Å². The molecular weight excluding hydrogens is 1030 g/mol. The van der Waals surface area contributed by atoms with Crippen molar-refractivity contribution >= 4 is 99.9 Å². The third-order valence-corrected chi connectivity index (χ3v) is 39.8. The SMILES string of the molecule is C=C(C)C(=O)CCC[Si](O[Si](C)(C)CC(C)C(=O)CCC[Si](O)(O)OC)(O[Si](C)(C)CC(C)C(=O)CCC[Si](O)(O)OC)O[Si](C)(C)CC(C)C(=O)CCC[Si](OC)(O[Si](C)(C)C)O[Si](C)(C)C. The van der Waals surface area contributed by atoms with E-state index >= 15 is 0 Å². The Morgan fingerprint density at radius 2 is 0.721 bits per heavy atom. The fourth-order valence-corrected chi connectivity index (χ4v) is 40.1. The smallest absolute Gasteiger partial charge is 0.417 e. The second-order valence-corrected chi connectivity index (χ2v) is 56.1. The molecule has 4 N–H and O–H groups in total. The van der Waals surface area contributed by atoms with E-state index in [0.717, 1.165) is 0 Å². The van der Waals surface area contributed by atoms with Crippen LogP contribution < -0.4 is 0 Å². The van der Waals surface area contributed by atoms with Crippen molar-refractivity contribution in [3.8, 4) is 0 Å². The van der Waals surface area contributed by atoms with Crippen LogP contribution in [-0.2, 0) is 53.0 Å². The lowest BCUT2D eigenvalue weighted by molar-refractivity contribution is -0.122. The highest BCUT2D eigenvalue weighted by molar-refractivity contribution is 6.91. The van der Waals surface area contributed by atoms with Crippen LogP contribution >= 0.6 is 0 Å². The molecule has 0 aromatic carbocycles. The van der Waals surface area contributed by atoms with Crippen LogP contribution in [0.1, 0.15) is 79.1 Å². The van der Waals surface area contributed by atoms with Crippen molar-refractivity contribution < 1.29 is 72.2 Å². The van der Waals surface area contributed by atoms with Crippen molar-refractivity contribution in [1.82, 2.24) is 0 Å². The molecule has 0 fully saturated rings. The predicted octanol–water partition coefficient (Wildman–Crippen LogP) is 8.90. The zero-order valence-electron chi connectivity index (χ0n) is 45.7. The first-order valence-electron chi connectivity index (χ1n) is 24.4. The molecule has 3 atom stereocenters. The first-order chi connectivity index (χ1) is 30.6. The summed E-state index contributed by atoms with van der Waals surface area (Å²) in [5, 5.41) is 0. The zero-order chi connectivity index (χ0) is 53.4. The van der Waals surface area contributed by atoms with Crippen LogP contribution in [0.25, 0.3) is 0 Å². The van der Waals surface area contributed by atoms with Gasteiger partial charge < -0.3 is 53.0 Å². The number of Topliss-reactive ketones (excluding diaryl/α,β-unsaturated/α-hetero) is 4. The van der Waals surface area contributed by atoms with Crippen LogP contribution in [-0.4, -0.2) is 140 Å². The number of carbonyl (C=O) groups excluding carboxylic acids is 4. The quantitative estimate of drug-likeness (QED) is 0.0333. The van der Waals surface area contributed by atoms with Gasteiger partial charge in [-0.05, 0) is 135 Å². The van der Waals surface area contributed by atoms with E-state index in [-0.39, 0.29) is 73.2 Å². The Labute approximate surface area is 421 Å². The van der Waals surface area contributed by atoms with Gasteiger partial charge in [0.2, 0.25) is 0 Å². The zero-order valence-corrected chi connectivity index (χ0v) is 54.7. The molecule has 400 valence electrons. The van der Waals surface area contributed by atoms with Gasteiger partial charge in [-0.15, -0.1) is 0 Å². The summed E-state index contributed by atoms with van der Waals surface area (Å²) in [6.45, 7) is 36.1. The second-order valence-electron chi connectivity index (χ2n) is 22.8. The maximum absolute atomic E-state index is 14.0. The van der Waals surface area contributed by atoms with Crippen LogP contribution in [0.3, 0.4) is 0 Å². The minimum atomic E-state index is -3.84. The molecule has 0 saturated carbocycles. The van der Waals surface area contributed by atoms with Gasteiger partial charge in [-0.1, -0.05) is 27.4 Å². The number of rotatable bonds is 39. The van der Waals surface area contributed by atoms with E-state index in [9.17, 15) is 38.4 Å². The summed E-state index contributed by atoms with van der Waals surface area (Å²) < 4.78 is 51.2. The van der Waals surface area contributed by atoms with Crippen molar-refractivity contribution in [2.24, 2.45) is 17.8 Å². The van der Waals surface area contributed by atoms with Crippen molar-refractivity contribution in [1.29, 1.82) is 0 Å². The van der Waals surface area contributed by atoms with E-state index in [0.29, 0.717) is 55.1 Å². The summed E-state index contributed by atoms with van der Waals surface area (Å²) in [5.74, 6) is -1.24. The number of allylic oxidation sites excluding steroid dienone is 1. The van der Waals surface area contributed by atoms with E-state index < -0.39 is 88.6 Å². The third kappa shape index (κ3) is 29.0. The summed E-state index contributed by atoms with van der Waals surface area (Å²) >= 11 is 0. The Hall–Kier alpha value is -0.108. The maximum atomic E-state index is 14.0. The Kier molecular flexibility index (Phi) is 28.5. The van der Waals surface area contributed by atoms with Gasteiger partial charge >= 0.3 is 35.2 Å². The lowest BCUT2D eigenvalue weighted by Crippen LogP contribution is -2.62. The molecule has 3 unspecified atom stereocenters. The summed E-state index contributed by atoms with van der Waals surface area (Å²) in [7, 11) is -23.1. The summed E-state index contributed by atoms with van der Waals surface area (Å²) in [6, 6.07) is 2.17. The van der Waals surface area contributed by atoms with E-state index in [4.69, 9.17) is 33.9 Å². The molecule has 0 aliphatic carbocycles. The van der Waals surface area contributed by atoms with Gasteiger partial charge in [0.05, 0.1) is 0 Å². The van der Waals surface area contributed by atoms with Crippen LogP contribution in [0.15, 0.2) is 12.2 Å². The average molecular weight is 1120 g/mol. The lowest BCUT2D eigenvalue weighted by Gasteiger charge is -2.46. The van der Waals surface area contributed by atoms with E-state index in [1.807, 2.05) is 47.0 Å². The molecule has 0 spiro atoms. The third-order valence-electron chi connectivity index (χ3n) is 11.3. The largest absolute Gasteiger partial charge is 0.495 e. The maximum Gasteiger partial charge on any atom is 0.495 e. The molecule has 0 aromatic rings.